The monoisotopic (exact) mass is 290 g/mol. The molecule has 5 heteroatoms. The number of allylic oxidation sites excluding steroid dienone is 3. The molecule has 1 saturated heterocycles. The summed E-state index contributed by atoms with van der Waals surface area (Å²) in [5.74, 6) is 1.02. The molecule has 3 rings (SSSR count). The highest BCUT2D eigenvalue weighted by Gasteiger charge is 2.27. The Hall–Kier alpha value is -1.20. The summed E-state index contributed by atoms with van der Waals surface area (Å²) >= 11 is 1.84. The third-order valence-electron chi connectivity index (χ3n) is 3.65. The Morgan fingerprint density at radius 2 is 2.10 bits per heavy atom. The van der Waals surface area contributed by atoms with Crippen molar-refractivity contribution in [3.8, 4) is 0 Å². The maximum Gasteiger partial charge on any atom is 0.260 e. The van der Waals surface area contributed by atoms with Crippen molar-refractivity contribution in [2.45, 2.75) is 25.0 Å². The van der Waals surface area contributed by atoms with E-state index in [9.17, 15) is 4.79 Å². The molecule has 0 aromatic rings. The van der Waals surface area contributed by atoms with Crippen LogP contribution in [0, 0.1) is 5.92 Å². The summed E-state index contributed by atoms with van der Waals surface area (Å²) in [4.78, 5) is 20.7. The summed E-state index contributed by atoms with van der Waals surface area (Å²) in [5.41, 5.74) is 1.93. The highest BCUT2D eigenvalue weighted by Crippen LogP contribution is 2.24. The predicted octanol–water partition coefficient (Wildman–Crippen LogP) is 2.41. The molecule has 1 amide bonds. The summed E-state index contributed by atoms with van der Waals surface area (Å²) < 4.78 is 5.35. The number of hydrogen-bond acceptors (Lipinski definition) is 4. The minimum atomic E-state index is -0.267. The molecule has 0 N–H and O–H groups in total. The van der Waals surface area contributed by atoms with E-state index < -0.39 is 0 Å². The van der Waals surface area contributed by atoms with Gasteiger partial charge < -0.3 is 4.74 Å². The van der Waals surface area contributed by atoms with Gasteiger partial charge in [0.05, 0.1) is 11.5 Å². The number of amidine groups is 1. The summed E-state index contributed by atoms with van der Waals surface area (Å²) in [6.07, 6.45) is 8.02. The summed E-state index contributed by atoms with van der Waals surface area (Å²) in [6, 6.07) is 0. The lowest BCUT2D eigenvalue weighted by atomic mass is 9.93. The molecule has 2 aliphatic heterocycles. The van der Waals surface area contributed by atoms with Crippen LogP contribution < -0.4 is 0 Å². The van der Waals surface area contributed by atoms with Crippen LogP contribution in [0.2, 0.25) is 0 Å². The van der Waals surface area contributed by atoms with E-state index in [1.54, 1.807) is 0 Å². The van der Waals surface area contributed by atoms with E-state index in [0.717, 1.165) is 37.3 Å². The first-order valence-corrected chi connectivity index (χ1v) is 8.03. The van der Waals surface area contributed by atoms with E-state index >= 15 is 0 Å². The lowest BCUT2D eigenvalue weighted by Crippen LogP contribution is -2.28. The number of fused-ring (bicyclic) bond motifs is 1. The molecule has 0 aromatic carbocycles. The van der Waals surface area contributed by atoms with Crippen molar-refractivity contribution in [1.82, 2.24) is 0 Å². The maximum atomic E-state index is 12.1. The van der Waals surface area contributed by atoms with Crippen molar-refractivity contribution in [3.05, 3.63) is 23.8 Å². The molecule has 2 heterocycles. The van der Waals surface area contributed by atoms with E-state index in [2.05, 4.69) is 9.98 Å². The summed E-state index contributed by atoms with van der Waals surface area (Å²) in [6.45, 7) is 3.67. The van der Waals surface area contributed by atoms with Crippen LogP contribution in [-0.4, -0.2) is 41.7 Å². The first kappa shape index (κ1) is 13.8. The average Bonchev–Trinajstić information content (AvgIpc) is 2.47. The van der Waals surface area contributed by atoms with E-state index in [4.69, 9.17) is 4.74 Å². The molecular formula is C15H18N2O2S. The summed E-state index contributed by atoms with van der Waals surface area (Å²) in [7, 11) is 0. The van der Waals surface area contributed by atoms with E-state index in [0.29, 0.717) is 16.8 Å². The van der Waals surface area contributed by atoms with Crippen LogP contribution in [0.3, 0.4) is 0 Å². The Morgan fingerprint density at radius 3 is 2.90 bits per heavy atom. The normalized spacial score (nSPS) is 26.8. The number of aliphatic imine (C=N–C) groups is 2. The zero-order chi connectivity index (χ0) is 13.9. The van der Waals surface area contributed by atoms with Crippen molar-refractivity contribution in [3.63, 3.8) is 0 Å². The lowest BCUT2D eigenvalue weighted by Gasteiger charge is -2.23. The summed E-state index contributed by atoms with van der Waals surface area (Å²) in [5, 5.41) is 0.600. The van der Waals surface area contributed by atoms with Crippen LogP contribution in [0.15, 0.2) is 33.8 Å². The molecule has 0 spiro atoms. The molecular weight excluding hydrogens is 272 g/mol. The fraction of sp³-hybridized carbons (Fsp3) is 0.533. The number of nitrogens with zero attached hydrogens (tertiary/aromatic N) is 2. The van der Waals surface area contributed by atoms with Crippen LogP contribution >= 0.6 is 11.8 Å². The molecule has 1 aliphatic carbocycles. The van der Waals surface area contributed by atoms with Gasteiger partial charge >= 0.3 is 0 Å². The van der Waals surface area contributed by atoms with Gasteiger partial charge in [0, 0.05) is 18.5 Å². The molecule has 0 saturated carbocycles. The number of thioether (sulfide) groups is 1. The lowest BCUT2D eigenvalue weighted by molar-refractivity contribution is -0.118. The van der Waals surface area contributed by atoms with Crippen molar-refractivity contribution < 1.29 is 9.53 Å². The molecule has 106 valence electrons. The van der Waals surface area contributed by atoms with Gasteiger partial charge in [-0.1, -0.05) is 17.7 Å². The number of carbonyl (C=O) groups is 1. The Morgan fingerprint density at radius 1 is 1.30 bits per heavy atom. The fourth-order valence-corrected chi connectivity index (χ4v) is 3.54. The van der Waals surface area contributed by atoms with Crippen molar-refractivity contribution >= 4 is 29.2 Å². The van der Waals surface area contributed by atoms with Crippen molar-refractivity contribution in [2.24, 2.45) is 15.9 Å². The second-order valence-corrected chi connectivity index (χ2v) is 6.54. The zero-order valence-electron chi connectivity index (χ0n) is 11.5. The first-order valence-electron chi connectivity index (χ1n) is 6.98. The third kappa shape index (κ3) is 3.10. The van der Waals surface area contributed by atoms with Crippen LogP contribution in [0.1, 0.15) is 19.8 Å². The topological polar surface area (TPSA) is 51.0 Å². The van der Waals surface area contributed by atoms with Crippen LogP contribution in [0.5, 0.6) is 0 Å². The smallest absolute Gasteiger partial charge is 0.260 e. The molecule has 0 aromatic heterocycles. The number of ether oxygens (including phenoxy) is 1. The van der Waals surface area contributed by atoms with Gasteiger partial charge in [-0.25, -0.2) is 4.99 Å². The second-order valence-electron chi connectivity index (χ2n) is 5.25. The Labute approximate surface area is 123 Å². The van der Waals surface area contributed by atoms with Gasteiger partial charge in [0.15, 0.2) is 0 Å². The van der Waals surface area contributed by atoms with Gasteiger partial charge in [0.1, 0.15) is 11.8 Å². The molecule has 0 bridgehead atoms. The number of amides is 1. The van der Waals surface area contributed by atoms with Gasteiger partial charge in [0.25, 0.3) is 5.91 Å². The second kappa shape index (κ2) is 6.06. The average molecular weight is 290 g/mol. The highest BCUT2D eigenvalue weighted by atomic mass is 32.2. The Kier molecular flexibility index (Phi) is 4.17. The zero-order valence-corrected chi connectivity index (χ0v) is 12.4. The molecule has 3 aliphatic rings. The molecule has 4 nitrogen and oxygen atoms in total. The highest BCUT2D eigenvalue weighted by molar-refractivity contribution is 8.00. The number of hydrogen-bond donors (Lipinski definition) is 0. The van der Waals surface area contributed by atoms with Crippen LogP contribution in [0.4, 0.5) is 0 Å². The minimum absolute atomic E-state index is 0.0822. The SMILES string of the molecule is CC1=CC2C(=O)N=C(CSC3CCOCC3)N=C2C=C1. The van der Waals surface area contributed by atoms with Gasteiger partial charge in [-0.15, -0.1) is 0 Å². The van der Waals surface area contributed by atoms with Gasteiger partial charge in [-0.3, -0.25) is 4.79 Å². The third-order valence-corrected chi connectivity index (χ3v) is 5.01. The van der Waals surface area contributed by atoms with Gasteiger partial charge in [-0.2, -0.15) is 16.8 Å². The van der Waals surface area contributed by atoms with Crippen molar-refractivity contribution in [2.75, 3.05) is 19.0 Å². The van der Waals surface area contributed by atoms with Crippen LogP contribution in [0.25, 0.3) is 0 Å². The van der Waals surface area contributed by atoms with Gasteiger partial charge in [-0.05, 0) is 25.8 Å². The quantitative estimate of drug-likeness (QED) is 0.802. The van der Waals surface area contributed by atoms with Crippen molar-refractivity contribution in [1.29, 1.82) is 0 Å². The van der Waals surface area contributed by atoms with E-state index in [-0.39, 0.29) is 11.8 Å². The largest absolute Gasteiger partial charge is 0.381 e. The maximum absolute atomic E-state index is 12.1. The number of carbonyl (C=O) groups excluding carboxylic acids is 1. The standard InChI is InChI=1S/C15H18N2O2S/c1-10-2-3-13-12(8-10)15(18)17-14(16-13)9-20-11-4-6-19-7-5-11/h2-3,8,11-12H,4-7,9H2,1H3. The predicted molar refractivity (Wildman–Crippen MR) is 82.6 cm³/mol. The van der Waals surface area contributed by atoms with Gasteiger partial charge in [0.2, 0.25) is 0 Å². The molecule has 20 heavy (non-hydrogen) atoms. The van der Waals surface area contributed by atoms with E-state index in [1.807, 2.05) is 36.9 Å². The van der Waals surface area contributed by atoms with Crippen LogP contribution in [-0.2, 0) is 9.53 Å². The fourth-order valence-electron chi connectivity index (χ4n) is 2.50. The number of rotatable bonds is 3. The molecule has 1 unspecified atom stereocenters. The van der Waals surface area contributed by atoms with E-state index in [1.165, 1.54) is 0 Å². The first-order chi connectivity index (χ1) is 9.72. The molecule has 1 fully saturated rings. The minimum Gasteiger partial charge on any atom is -0.381 e. The Bertz CT molecular complexity index is 528. The Balaban J connectivity index is 1.64. The molecule has 1 atom stereocenters. The molecule has 0 radical (unpaired) electrons.